The van der Waals surface area contributed by atoms with Crippen LogP contribution >= 0.6 is 11.3 Å². The van der Waals surface area contributed by atoms with E-state index in [1.165, 1.54) is 11.3 Å². The highest BCUT2D eigenvalue weighted by molar-refractivity contribution is 7.17. The molecule has 22 heavy (non-hydrogen) atoms. The Morgan fingerprint density at radius 3 is 3.05 bits per heavy atom. The average Bonchev–Trinajstić information content (AvgIpc) is 2.94. The number of ether oxygens (including phenoxy) is 1. The van der Waals surface area contributed by atoms with Crippen LogP contribution in [0.4, 0.5) is 0 Å². The van der Waals surface area contributed by atoms with Gasteiger partial charge in [0.2, 0.25) is 4.83 Å². The molecule has 5 heteroatoms. The van der Waals surface area contributed by atoms with E-state index in [4.69, 9.17) is 4.74 Å². The highest BCUT2D eigenvalue weighted by Gasteiger charge is 2.30. The minimum Gasteiger partial charge on any atom is -0.455 e. The molecular weight excluding hydrogens is 294 g/mol. The van der Waals surface area contributed by atoms with Crippen LogP contribution in [0.15, 0.2) is 36.1 Å². The maximum atomic E-state index is 6.15. The summed E-state index contributed by atoms with van der Waals surface area (Å²) in [4.78, 5) is 9.98. The Labute approximate surface area is 130 Å². The fraction of sp³-hybridized carbons (Fsp3) is 0.118. The summed E-state index contributed by atoms with van der Waals surface area (Å²) in [5, 5.41) is 4.30. The number of aromatic nitrogens is 3. The van der Waals surface area contributed by atoms with Gasteiger partial charge in [-0.15, -0.1) is 0 Å². The molecule has 0 aliphatic carbocycles. The van der Waals surface area contributed by atoms with E-state index in [2.05, 4.69) is 27.5 Å². The van der Waals surface area contributed by atoms with Gasteiger partial charge in [0.05, 0.1) is 18.1 Å². The number of nitrogens with zero attached hydrogens (tertiary/aromatic N) is 3. The zero-order valence-electron chi connectivity index (χ0n) is 12.1. The molecule has 0 saturated carbocycles. The van der Waals surface area contributed by atoms with Crippen molar-refractivity contribution in [3.8, 4) is 22.8 Å². The third kappa shape index (κ3) is 1.39. The van der Waals surface area contributed by atoms with Gasteiger partial charge in [-0.25, -0.2) is 4.57 Å². The molecule has 106 valence electrons. The fourth-order valence-electron chi connectivity index (χ4n) is 3.25. The lowest BCUT2D eigenvalue weighted by Crippen LogP contribution is -2.32. The number of rotatable bonds is 0. The summed E-state index contributed by atoms with van der Waals surface area (Å²) in [5.41, 5.74) is 4.47. The van der Waals surface area contributed by atoms with Gasteiger partial charge in [-0.2, -0.15) is 0 Å². The lowest BCUT2D eigenvalue weighted by atomic mass is 9.96. The molecule has 0 fully saturated rings. The lowest BCUT2D eigenvalue weighted by Gasteiger charge is -2.19. The summed E-state index contributed by atoms with van der Waals surface area (Å²) in [6.07, 6.45) is 3.69. The van der Waals surface area contributed by atoms with Crippen molar-refractivity contribution >= 4 is 32.5 Å². The van der Waals surface area contributed by atoms with Gasteiger partial charge in [0.1, 0.15) is 11.1 Å². The molecule has 4 heterocycles. The third-order valence-electron chi connectivity index (χ3n) is 4.26. The van der Waals surface area contributed by atoms with Crippen LogP contribution in [0.1, 0.15) is 5.56 Å². The van der Waals surface area contributed by atoms with Gasteiger partial charge in [-0.3, -0.25) is 4.98 Å². The van der Waals surface area contributed by atoms with E-state index >= 15 is 0 Å². The second-order valence-corrected chi connectivity index (χ2v) is 6.39. The molecule has 1 aromatic carbocycles. The molecule has 5 rings (SSSR count). The van der Waals surface area contributed by atoms with Gasteiger partial charge < -0.3 is 4.74 Å². The van der Waals surface area contributed by atoms with E-state index < -0.39 is 0 Å². The van der Waals surface area contributed by atoms with Crippen LogP contribution in [-0.2, 0) is 7.05 Å². The number of benzene rings is 1. The maximum absolute atomic E-state index is 6.15. The first kappa shape index (κ1) is 12.1. The summed E-state index contributed by atoms with van der Waals surface area (Å²) in [6.45, 7) is 2.13. The number of pyridine rings is 1. The fourth-order valence-corrected chi connectivity index (χ4v) is 4.06. The predicted molar refractivity (Wildman–Crippen MR) is 86.3 cm³/mol. The van der Waals surface area contributed by atoms with Crippen molar-refractivity contribution in [2.24, 2.45) is 7.05 Å². The topological polar surface area (TPSA) is 38.9 Å². The Hall–Kier alpha value is -2.53. The third-order valence-corrected chi connectivity index (χ3v) is 5.13. The van der Waals surface area contributed by atoms with Gasteiger partial charge in [-0.1, -0.05) is 17.4 Å². The first-order chi connectivity index (χ1) is 10.7. The Bertz CT molecular complexity index is 1080. The number of aryl methyl sites for hydroxylation is 2. The smallest absolute Gasteiger partial charge is 0.288 e. The molecule has 0 spiro atoms. The molecule has 1 aliphatic rings. The van der Waals surface area contributed by atoms with Crippen molar-refractivity contribution in [3.63, 3.8) is 0 Å². The zero-order chi connectivity index (χ0) is 14.8. The number of thiophene rings is 1. The average molecular weight is 306 g/mol. The normalized spacial score (nSPS) is 12.5. The second kappa shape index (κ2) is 4.01. The summed E-state index contributed by atoms with van der Waals surface area (Å²) in [7, 11) is 2.03. The first-order valence-corrected chi connectivity index (χ1v) is 7.94. The molecule has 0 atom stereocenters. The van der Waals surface area contributed by atoms with Gasteiger partial charge in [-0.05, 0) is 23.5 Å². The van der Waals surface area contributed by atoms with Crippen LogP contribution in [0.5, 0.6) is 11.5 Å². The molecule has 4 nitrogen and oxygen atoms in total. The van der Waals surface area contributed by atoms with Gasteiger partial charge >= 0.3 is 0 Å². The Morgan fingerprint density at radius 2 is 2.14 bits per heavy atom. The van der Waals surface area contributed by atoms with Gasteiger partial charge in [0.25, 0.3) is 6.33 Å². The Kier molecular flexibility index (Phi) is 2.20. The van der Waals surface area contributed by atoms with Crippen molar-refractivity contribution in [1.29, 1.82) is 0 Å². The van der Waals surface area contributed by atoms with E-state index in [1.807, 2.05) is 37.1 Å². The molecule has 1 aliphatic heterocycles. The minimum absolute atomic E-state index is 0.873. The molecule has 0 saturated heterocycles. The molecule has 3 aromatic heterocycles. The van der Waals surface area contributed by atoms with E-state index in [1.54, 1.807) is 11.3 Å². The quantitative estimate of drug-likeness (QED) is 0.409. The first-order valence-electron chi connectivity index (χ1n) is 7.06. The van der Waals surface area contributed by atoms with Crippen LogP contribution in [0.25, 0.3) is 32.4 Å². The maximum Gasteiger partial charge on any atom is 0.288 e. The van der Waals surface area contributed by atoms with Crippen LogP contribution in [-0.4, -0.2) is 9.97 Å². The predicted octanol–water partition coefficient (Wildman–Crippen LogP) is 3.75. The largest absolute Gasteiger partial charge is 0.455 e. The monoisotopic (exact) mass is 306 g/mol. The summed E-state index contributed by atoms with van der Waals surface area (Å²) in [5.74, 6) is 1.76. The minimum atomic E-state index is 0.873. The standard InChI is InChI=1S/C17H12N3OS/c1-9-10-4-3-5-18-11(10)6-12-14(9)16-15-13(21-12)7-22-17(15)19-8-20(16)2/h3-8H,1-2H3/q+1. The van der Waals surface area contributed by atoms with Crippen molar-refractivity contribution in [2.75, 3.05) is 0 Å². The molecule has 0 radical (unpaired) electrons. The molecular formula is C17H12N3OS+. The molecule has 0 N–H and O–H groups in total. The van der Waals surface area contributed by atoms with Gasteiger partial charge in [0, 0.05) is 23.0 Å². The Balaban J connectivity index is 2.02. The second-order valence-electron chi connectivity index (χ2n) is 5.53. The molecule has 4 aromatic rings. The summed E-state index contributed by atoms with van der Waals surface area (Å²) >= 11 is 1.62. The number of hydrogen-bond donors (Lipinski definition) is 0. The van der Waals surface area contributed by atoms with Crippen LogP contribution in [0.3, 0.4) is 0 Å². The lowest BCUT2D eigenvalue weighted by molar-refractivity contribution is -0.662. The van der Waals surface area contributed by atoms with Crippen LogP contribution in [0, 0.1) is 6.92 Å². The van der Waals surface area contributed by atoms with E-state index in [0.29, 0.717) is 0 Å². The number of fused-ring (bicyclic) bond motifs is 3. The molecule has 0 amide bonds. The summed E-state index contributed by atoms with van der Waals surface area (Å²) < 4.78 is 8.23. The molecule has 0 bridgehead atoms. The highest BCUT2D eigenvalue weighted by atomic mass is 32.1. The Morgan fingerprint density at radius 1 is 1.23 bits per heavy atom. The van der Waals surface area contributed by atoms with Gasteiger partial charge in [0.15, 0.2) is 11.4 Å². The highest BCUT2D eigenvalue weighted by Crippen LogP contribution is 2.49. The molecule has 0 unspecified atom stereocenters. The van der Waals surface area contributed by atoms with Crippen LogP contribution < -0.4 is 9.30 Å². The number of hydrogen-bond acceptors (Lipinski definition) is 4. The zero-order valence-corrected chi connectivity index (χ0v) is 12.9. The van der Waals surface area contributed by atoms with E-state index in [9.17, 15) is 0 Å². The van der Waals surface area contributed by atoms with Crippen molar-refractivity contribution in [2.45, 2.75) is 6.92 Å². The van der Waals surface area contributed by atoms with Crippen LogP contribution in [0.2, 0.25) is 0 Å². The van der Waals surface area contributed by atoms with Crippen molar-refractivity contribution in [1.82, 2.24) is 9.97 Å². The van der Waals surface area contributed by atoms with Crippen molar-refractivity contribution in [3.05, 3.63) is 41.7 Å². The summed E-state index contributed by atoms with van der Waals surface area (Å²) in [6, 6.07) is 6.12. The van der Waals surface area contributed by atoms with Crippen molar-refractivity contribution < 1.29 is 9.30 Å². The van der Waals surface area contributed by atoms with E-state index in [0.717, 1.165) is 38.2 Å². The van der Waals surface area contributed by atoms with E-state index in [-0.39, 0.29) is 0 Å². The SMILES string of the molecule is Cc1c2c(cc3ncccc13)Oc1csc3nc[n+](C)c-2c13.